The van der Waals surface area contributed by atoms with E-state index >= 15 is 0 Å². The monoisotopic (exact) mass is 592 g/mol. The Hall–Kier alpha value is 4.01. The second-order valence-corrected chi connectivity index (χ2v) is 2.25. The van der Waals surface area contributed by atoms with Gasteiger partial charge in [-0.1, -0.05) is 24.8 Å². The van der Waals surface area contributed by atoms with Crippen molar-refractivity contribution in [3.05, 3.63) is 0 Å². The van der Waals surface area contributed by atoms with E-state index in [2.05, 4.69) is 0 Å². The van der Waals surface area contributed by atoms with Gasteiger partial charge in [-0.05, 0) is 0 Å². The van der Waals surface area contributed by atoms with Gasteiger partial charge in [-0.2, -0.15) is 19.8 Å². The van der Waals surface area contributed by atoms with E-state index < -0.39 is 24.8 Å². The number of rotatable bonds is 0. The van der Waals surface area contributed by atoms with Gasteiger partial charge in [0.15, 0.2) is 0 Å². The van der Waals surface area contributed by atoms with Crippen LogP contribution in [-0.2, 0) is 13.7 Å². The first-order valence-electron chi connectivity index (χ1n) is 1.84. The molecular weight excluding hydrogens is 587 g/mol. The summed E-state index contributed by atoms with van der Waals surface area (Å²) in [6, 6.07) is 0. The van der Waals surface area contributed by atoms with Gasteiger partial charge in [0.2, 0.25) is 0 Å². The van der Waals surface area contributed by atoms with Gasteiger partial charge in [0.25, 0.3) is 0 Å². The summed E-state index contributed by atoms with van der Waals surface area (Å²) in [5.41, 5.74) is 0. The van der Waals surface area contributed by atoms with Crippen LogP contribution < -0.4 is 29.4 Å². The van der Waals surface area contributed by atoms with E-state index in [1.165, 1.54) is 0 Å². The zero-order valence-corrected chi connectivity index (χ0v) is 19.8. The SMILES string of the molecule is O=[PH]([O-])[O-].O=[PH]([O-])[O-].O=[PH]([O-])[O-].P.P.[Nd+3].[Nd+3]. The van der Waals surface area contributed by atoms with Crippen molar-refractivity contribution in [2.75, 3.05) is 0 Å². The molecule has 0 aromatic heterocycles. The van der Waals surface area contributed by atoms with E-state index in [0.717, 1.165) is 0 Å². The van der Waals surface area contributed by atoms with Crippen LogP contribution in [-0.4, -0.2) is 0 Å². The number of hydrogen-bond acceptors (Lipinski definition) is 9. The first kappa shape index (κ1) is 42.7. The number of hydrogen-bond donors (Lipinski definition) is 0. The summed E-state index contributed by atoms with van der Waals surface area (Å²) >= 11 is 0. The molecule has 16 heavy (non-hydrogen) atoms. The molecule has 0 heterocycles. The fourth-order valence-electron chi connectivity index (χ4n) is 0. The fourth-order valence-corrected chi connectivity index (χ4v) is 0. The fraction of sp³-hybridized carbons (Fsp3) is 0. The molecule has 2 atom stereocenters. The van der Waals surface area contributed by atoms with E-state index in [1.54, 1.807) is 0 Å². The average molecular weight is 596 g/mol. The first-order valence-corrected chi connectivity index (χ1v) is 5.51. The Labute approximate surface area is 166 Å². The van der Waals surface area contributed by atoms with Crippen LogP contribution >= 0.6 is 44.6 Å². The molecular formula is H9Nd2O9P5. The van der Waals surface area contributed by atoms with Gasteiger partial charge in [-0.15, -0.1) is 0 Å². The molecule has 0 N–H and O–H groups in total. The quantitative estimate of drug-likeness (QED) is 0.246. The van der Waals surface area contributed by atoms with Gasteiger partial charge in [0.05, 0.1) is 0 Å². The molecule has 0 saturated carbocycles. The summed E-state index contributed by atoms with van der Waals surface area (Å²) in [4.78, 5) is 51.1. The van der Waals surface area contributed by atoms with Gasteiger partial charge in [-0.25, -0.2) is 0 Å². The van der Waals surface area contributed by atoms with Crippen LogP contribution in [0.2, 0.25) is 0 Å². The Bertz CT molecular complexity index is 119. The molecule has 0 fully saturated rings. The van der Waals surface area contributed by atoms with E-state index in [-0.39, 0.29) is 101 Å². The molecule has 2 radical (unpaired) electrons. The summed E-state index contributed by atoms with van der Waals surface area (Å²) in [5, 5.41) is 0. The topological polar surface area (TPSA) is 190 Å². The third-order valence-corrected chi connectivity index (χ3v) is 0. The molecule has 0 amide bonds. The zero-order valence-electron chi connectivity index (χ0n) is 7.59. The second kappa shape index (κ2) is 36.4. The molecule has 96 valence electrons. The van der Waals surface area contributed by atoms with Crippen molar-refractivity contribution < 1.29 is 125 Å². The molecule has 0 aromatic carbocycles. The molecule has 0 aromatic rings. The van der Waals surface area contributed by atoms with Crippen LogP contribution in [0.5, 0.6) is 0 Å². The zero-order chi connectivity index (χ0) is 10.7. The van der Waals surface area contributed by atoms with Crippen LogP contribution in [0, 0.1) is 81.7 Å². The normalized spacial score (nSPS) is 6.56. The third-order valence-electron chi connectivity index (χ3n) is 0. The van der Waals surface area contributed by atoms with Gasteiger partial charge >= 0.3 is 81.7 Å². The molecule has 0 aliphatic carbocycles. The molecule has 0 aliphatic heterocycles. The van der Waals surface area contributed by atoms with Crippen LogP contribution in [0.15, 0.2) is 0 Å². The Kier molecular flexibility index (Phi) is 97.3. The Morgan fingerprint density at radius 3 is 0.500 bits per heavy atom. The molecule has 16 heteroatoms. The van der Waals surface area contributed by atoms with Gasteiger partial charge in [0.1, 0.15) is 0 Å². The molecule has 0 aliphatic rings. The maximum absolute atomic E-state index is 8.52. The van der Waals surface area contributed by atoms with Crippen molar-refractivity contribution in [1.29, 1.82) is 0 Å². The van der Waals surface area contributed by atoms with E-state index in [0.29, 0.717) is 0 Å². The summed E-state index contributed by atoms with van der Waals surface area (Å²) in [7, 11) is -10.9. The smallest absolute Gasteiger partial charge is 0.813 e. The molecule has 0 spiro atoms. The first-order chi connectivity index (χ1) is 5.20. The van der Waals surface area contributed by atoms with E-state index in [1.807, 2.05) is 0 Å². The van der Waals surface area contributed by atoms with Crippen LogP contribution in [0.25, 0.3) is 0 Å². The minimum atomic E-state index is -3.63. The van der Waals surface area contributed by atoms with Crippen LogP contribution in [0.4, 0.5) is 0 Å². The maximum atomic E-state index is 8.52. The Morgan fingerprint density at radius 1 is 0.500 bits per heavy atom. The second-order valence-electron chi connectivity index (χ2n) is 0.750. The average Bonchev–Trinajstić information content (AvgIpc) is 1.54. The molecule has 9 nitrogen and oxygen atoms in total. The van der Waals surface area contributed by atoms with Crippen molar-refractivity contribution >= 4 is 44.6 Å². The third kappa shape index (κ3) is 324. The molecule has 0 saturated heterocycles. The van der Waals surface area contributed by atoms with Gasteiger partial charge < -0.3 is 43.1 Å². The summed E-state index contributed by atoms with van der Waals surface area (Å²) < 4.78 is 25.6. The van der Waals surface area contributed by atoms with Crippen molar-refractivity contribution in [3.63, 3.8) is 0 Å². The Balaban J connectivity index is -0.0000000135. The minimum Gasteiger partial charge on any atom is -0.813 e. The molecule has 0 bridgehead atoms. The van der Waals surface area contributed by atoms with Crippen molar-refractivity contribution in [1.82, 2.24) is 0 Å². The van der Waals surface area contributed by atoms with Crippen molar-refractivity contribution in [2.45, 2.75) is 0 Å². The summed E-state index contributed by atoms with van der Waals surface area (Å²) in [6.45, 7) is 0. The maximum Gasteiger partial charge on any atom is 3.00 e. The van der Waals surface area contributed by atoms with E-state index in [4.69, 9.17) is 43.1 Å². The van der Waals surface area contributed by atoms with Crippen LogP contribution in [0.3, 0.4) is 0 Å². The van der Waals surface area contributed by atoms with Crippen LogP contribution in [0.1, 0.15) is 0 Å². The predicted molar refractivity (Wildman–Crippen MR) is 49.2 cm³/mol. The Morgan fingerprint density at radius 2 is 0.500 bits per heavy atom. The molecule has 0 rings (SSSR count). The van der Waals surface area contributed by atoms with Gasteiger partial charge in [0, 0.05) is 0 Å². The largest absolute Gasteiger partial charge is 3.00 e. The van der Waals surface area contributed by atoms with E-state index in [9.17, 15) is 0 Å². The van der Waals surface area contributed by atoms with Gasteiger partial charge in [-0.3, -0.25) is 0 Å². The predicted octanol–water partition coefficient (Wildman–Crippen LogP) is -5.59. The van der Waals surface area contributed by atoms with Crippen molar-refractivity contribution in [3.8, 4) is 0 Å². The van der Waals surface area contributed by atoms with Crippen molar-refractivity contribution in [2.24, 2.45) is 0 Å². The standard InChI is InChI=1S/2Nd.3H3O3P.2H3P/c;;3*1-4(2)3;;/h;;3*4H,(H2,1,2,3);2*1H3/q2*+3;;;;;/p-6. The summed E-state index contributed by atoms with van der Waals surface area (Å²) in [5.74, 6) is 0. The molecule has 2 unspecified atom stereocenters. The summed E-state index contributed by atoms with van der Waals surface area (Å²) in [6.07, 6.45) is 0. The minimum absolute atomic E-state index is 0.